The van der Waals surface area contributed by atoms with E-state index in [2.05, 4.69) is 10.3 Å². The first-order chi connectivity index (χ1) is 13.2. The van der Waals surface area contributed by atoms with E-state index in [1.165, 1.54) is 6.07 Å². The van der Waals surface area contributed by atoms with Gasteiger partial charge in [0.25, 0.3) is 0 Å². The van der Waals surface area contributed by atoms with Crippen LogP contribution in [-0.2, 0) is 13.1 Å². The monoisotopic (exact) mass is 358 g/mol. The predicted molar refractivity (Wildman–Crippen MR) is 104 cm³/mol. The van der Waals surface area contributed by atoms with Gasteiger partial charge in [0.1, 0.15) is 11.3 Å². The Morgan fingerprint density at radius 2 is 1.85 bits per heavy atom. The normalized spacial score (nSPS) is 11.0. The number of pyridine rings is 1. The molecular weight excluding hydrogens is 340 g/mol. The molecule has 0 fully saturated rings. The number of phenols is 1. The standard InChI is InChI=1S/C22H18N2O3/c25-20-9-8-17-18(16-6-2-1-3-7-16)11-21(26)27-22(17)19(20)14-24-13-15-5-4-10-23-12-15/h1-12,24-25H,13-14H2. The zero-order chi connectivity index (χ0) is 18.6. The van der Waals surface area contributed by atoms with Gasteiger partial charge in [0.2, 0.25) is 0 Å². The van der Waals surface area contributed by atoms with Gasteiger partial charge in [0.05, 0.1) is 5.56 Å². The van der Waals surface area contributed by atoms with E-state index in [9.17, 15) is 9.90 Å². The lowest BCUT2D eigenvalue weighted by Crippen LogP contribution is -2.13. The van der Waals surface area contributed by atoms with Gasteiger partial charge < -0.3 is 14.8 Å². The number of nitrogens with one attached hydrogen (secondary N) is 1. The third kappa shape index (κ3) is 3.59. The molecule has 5 heteroatoms. The fourth-order valence-corrected chi connectivity index (χ4v) is 3.13. The predicted octanol–water partition coefficient (Wildman–Crippen LogP) is 3.85. The number of benzene rings is 2. The average Bonchev–Trinajstić information content (AvgIpc) is 2.70. The van der Waals surface area contributed by atoms with Crippen molar-refractivity contribution >= 4 is 11.0 Å². The minimum absolute atomic E-state index is 0.0922. The molecule has 2 N–H and O–H groups in total. The van der Waals surface area contributed by atoms with Crippen LogP contribution in [0.1, 0.15) is 11.1 Å². The minimum atomic E-state index is -0.444. The van der Waals surface area contributed by atoms with Gasteiger partial charge >= 0.3 is 5.63 Å². The summed E-state index contributed by atoms with van der Waals surface area (Å²) < 4.78 is 5.47. The first-order valence-corrected chi connectivity index (χ1v) is 8.66. The molecule has 0 aliphatic heterocycles. The van der Waals surface area contributed by atoms with Gasteiger partial charge in [-0.05, 0) is 34.9 Å². The Morgan fingerprint density at radius 1 is 1.00 bits per heavy atom. The maximum Gasteiger partial charge on any atom is 0.336 e. The van der Waals surface area contributed by atoms with Gasteiger partial charge in [-0.15, -0.1) is 0 Å². The third-order valence-electron chi connectivity index (χ3n) is 4.43. The third-order valence-corrected chi connectivity index (χ3v) is 4.43. The molecule has 4 rings (SSSR count). The van der Waals surface area contributed by atoms with Crippen LogP contribution in [0.2, 0.25) is 0 Å². The molecule has 0 amide bonds. The second-order valence-corrected chi connectivity index (χ2v) is 6.25. The van der Waals surface area contributed by atoms with E-state index in [1.54, 1.807) is 24.5 Å². The van der Waals surface area contributed by atoms with E-state index in [-0.39, 0.29) is 5.75 Å². The zero-order valence-corrected chi connectivity index (χ0v) is 14.6. The maximum atomic E-state index is 12.2. The average molecular weight is 358 g/mol. The van der Waals surface area contributed by atoms with Gasteiger partial charge in [-0.25, -0.2) is 4.79 Å². The molecule has 0 spiro atoms. The largest absolute Gasteiger partial charge is 0.507 e. The molecule has 134 valence electrons. The van der Waals surface area contributed by atoms with Crippen molar-refractivity contribution in [2.45, 2.75) is 13.1 Å². The molecule has 2 aromatic heterocycles. The molecule has 0 unspecified atom stereocenters. The summed E-state index contributed by atoms with van der Waals surface area (Å²) in [5.41, 5.74) is 3.26. The summed E-state index contributed by atoms with van der Waals surface area (Å²) in [6, 6.07) is 18.4. The molecule has 0 atom stereocenters. The molecule has 0 aliphatic carbocycles. The molecule has 0 bridgehead atoms. The van der Waals surface area contributed by atoms with Gasteiger partial charge in [-0.1, -0.05) is 36.4 Å². The van der Waals surface area contributed by atoms with Gasteiger partial charge in [-0.3, -0.25) is 4.98 Å². The van der Waals surface area contributed by atoms with Crippen molar-refractivity contribution in [1.82, 2.24) is 10.3 Å². The molecule has 0 saturated carbocycles. The van der Waals surface area contributed by atoms with Crippen LogP contribution in [0.4, 0.5) is 0 Å². The lowest BCUT2D eigenvalue weighted by atomic mass is 9.99. The second-order valence-electron chi connectivity index (χ2n) is 6.25. The highest BCUT2D eigenvalue weighted by Gasteiger charge is 2.14. The molecule has 2 aromatic carbocycles. The number of fused-ring (bicyclic) bond motifs is 1. The lowest BCUT2D eigenvalue weighted by molar-refractivity contribution is 0.460. The van der Waals surface area contributed by atoms with Crippen LogP contribution in [0.5, 0.6) is 5.75 Å². The highest BCUT2D eigenvalue weighted by atomic mass is 16.4. The summed E-state index contributed by atoms with van der Waals surface area (Å²) in [4.78, 5) is 16.2. The van der Waals surface area contributed by atoms with Crippen molar-refractivity contribution in [3.63, 3.8) is 0 Å². The number of rotatable bonds is 5. The Bertz CT molecular complexity index is 1120. The van der Waals surface area contributed by atoms with Crippen molar-refractivity contribution < 1.29 is 9.52 Å². The molecule has 27 heavy (non-hydrogen) atoms. The molecule has 2 heterocycles. The number of phenolic OH excluding ortho intramolecular Hbond substituents is 1. The summed E-state index contributed by atoms with van der Waals surface area (Å²) in [5.74, 6) is 0.0922. The Hall–Kier alpha value is -3.44. The van der Waals surface area contributed by atoms with E-state index in [0.29, 0.717) is 24.2 Å². The topological polar surface area (TPSA) is 75.4 Å². The number of nitrogens with zero attached hydrogens (tertiary/aromatic N) is 1. The molecular formula is C22H18N2O3. The summed E-state index contributed by atoms with van der Waals surface area (Å²) in [7, 11) is 0. The first-order valence-electron chi connectivity index (χ1n) is 8.66. The second kappa shape index (κ2) is 7.43. The van der Waals surface area contributed by atoms with Crippen molar-refractivity contribution in [3.05, 3.63) is 94.6 Å². The fraction of sp³-hybridized carbons (Fsp3) is 0.0909. The Balaban J connectivity index is 1.73. The summed E-state index contributed by atoms with van der Waals surface area (Å²) in [5, 5.41) is 14.4. The molecule has 0 saturated heterocycles. The maximum absolute atomic E-state index is 12.2. The van der Waals surface area contributed by atoms with Crippen molar-refractivity contribution in [2.75, 3.05) is 0 Å². The van der Waals surface area contributed by atoms with Crippen LogP contribution >= 0.6 is 0 Å². The molecule has 5 nitrogen and oxygen atoms in total. The first kappa shape index (κ1) is 17.0. The van der Waals surface area contributed by atoms with E-state index < -0.39 is 5.63 Å². The van der Waals surface area contributed by atoms with Gasteiger partial charge in [0, 0.05) is 36.9 Å². The SMILES string of the molecule is O=c1cc(-c2ccccc2)c2ccc(O)c(CNCc3cccnc3)c2o1. The lowest BCUT2D eigenvalue weighted by Gasteiger charge is -2.12. The van der Waals surface area contributed by atoms with Gasteiger partial charge in [-0.2, -0.15) is 0 Å². The molecule has 0 aliphatic rings. The van der Waals surface area contributed by atoms with Crippen molar-refractivity contribution in [3.8, 4) is 16.9 Å². The number of aromatic nitrogens is 1. The Kier molecular flexibility index (Phi) is 4.68. The molecule has 0 radical (unpaired) electrons. The summed E-state index contributed by atoms with van der Waals surface area (Å²) in [6.45, 7) is 0.950. The van der Waals surface area contributed by atoms with E-state index in [1.807, 2.05) is 42.5 Å². The fourth-order valence-electron chi connectivity index (χ4n) is 3.13. The Labute approximate surface area is 155 Å². The minimum Gasteiger partial charge on any atom is -0.507 e. The smallest absolute Gasteiger partial charge is 0.336 e. The van der Waals surface area contributed by atoms with Crippen LogP contribution in [0.25, 0.3) is 22.1 Å². The van der Waals surface area contributed by atoms with E-state index >= 15 is 0 Å². The van der Waals surface area contributed by atoms with Crippen LogP contribution in [0.15, 0.2) is 82.3 Å². The number of aromatic hydroxyl groups is 1. The van der Waals surface area contributed by atoms with Crippen LogP contribution in [0.3, 0.4) is 0 Å². The highest BCUT2D eigenvalue weighted by molar-refractivity contribution is 5.95. The summed E-state index contributed by atoms with van der Waals surface area (Å²) in [6.07, 6.45) is 3.50. The van der Waals surface area contributed by atoms with Gasteiger partial charge in [0.15, 0.2) is 0 Å². The quantitative estimate of drug-likeness (QED) is 0.530. The van der Waals surface area contributed by atoms with E-state index in [0.717, 1.165) is 22.1 Å². The highest BCUT2D eigenvalue weighted by Crippen LogP contribution is 2.32. The van der Waals surface area contributed by atoms with Crippen LogP contribution in [-0.4, -0.2) is 10.1 Å². The van der Waals surface area contributed by atoms with Crippen LogP contribution in [0, 0.1) is 0 Å². The zero-order valence-electron chi connectivity index (χ0n) is 14.6. The molecule has 4 aromatic rings. The number of hydrogen-bond acceptors (Lipinski definition) is 5. The Morgan fingerprint density at radius 3 is 2.63 bits per heavy atom. The number of hydrogen-bond donors (Lipinski definition) is 2. The van der Waals surface area contributed by atoms with E-state index in [4.69, 9.17) is 4.42 Å². The van der Waals surface area contributed by atoms with Crippen molar-refractivity contribution in [2.24, 2.45) is 0 Å². The summed E-state index contributed by atoms with van der Waals surface area (Å²) >= 11 is 0. The van der Waals surface area contributed by atoms with Crippen molar-refractivity contribution in [1.29, 1.82) is 0 Å². The van der Waals surface area contributed by atoms with Crippen LogP contribution < -0.4 is 10.9 Å².